The first-order chi connectivity index (χ1) is 15.2. The number of fused-ring (bicyclic) bond motifs is 1. The zero-order valence-electron chi connectivity index (χ0n) is 18.4. The molecule has 1 heterocycles. The second-order valence-corrected chi connectivity index (χ2v) is 9.86. The molecule has 6 rings (SSSR count). The molecule has 0 N–H and O–H groups in total. The summed E-state index contributed by atoms with van der Waals surface area (Å²) in [7, 11) is 0. The molecule has 4 bridgehead atoms. The minimum Gasteiger partial charge on any atom is -0.487 e. The third kappa shape index (κ3) is 4.70. The lowest BCUT2D eigenvalue weighted by atomic mass is 9.49. The van der Waals surface area contributed by atoms with Gasteiger partial charge in [0.05, 0.1) is 31.8 Å². The van der Waals surface area contributed by atoms with Crippen LogP contribution in [0.25, 0.3) is 0 Å². The Labute approximate surface area is 185 Å². The van der Waals surface area contributed by atoms with Gasteiger partial charge in [-0.15, -0.1) is 0 Å². The van der Waals surface area contributed by atoms with E-state index in [4.69, 9.17) is 18.9 Å². The lowest BCUT2D eigenvalue weighted by molar-refractivity contribution is -0.159. The van der Waals surface area contributed by atoms with Gasteiger partial charge in [-0.05, 0) is 68.4 Å². The minimum absolute atomic E-state index is 0.120. The minimum atomic E-state index is -0.120. The van der Waals surface area contributed by atoms with Crippen LogP contribution in [0.2, 0.25) is 0 Å². The van der Waals surface area contributed by atoms with Gasteiger partial charge in [0.25, 0.3) is 0 Å². The molecule has 1 aromatic carbocycles. The molecule has 6 heteroatoms. The Balaban J connectivity index is 1.21. The molecule has 0 unspecified atom stereocenters. The Bertz CT molecular complexity index is 696. The topological polar surface area (TPSA) is 57.2 Å². The summed E-state index contributed by atoms with van der Waals surface area (Å²) >= 11 is 0. The van der Waals surface area contributed by atoms with Crippen molar-refractivity contribution in [2.75, 3.05) is 52.7 Å². The molecule has 0 aromatic heterocycles. The highest BCUT2D eigenvalue weighted by Gasteiger charge is 2.55. The van der Waals surface area contributed by atoms with Gasteiger partial charge in [0.15, 0.2) is 11.5 Å². The van der Waals surface area contributed by atoms with E-state index in [9.17, 15) is 4.79 Å². The van der Waals surface area contributed by atoms with Crippen LogP contribution in [0.4, 0.5) is 0 Å². The lowest BCUT2D eigenvalue weighted by Crippen LogP contribution is -2.55. The van der Waals surface area contributed by atoms with Crippen LogP contribution in [0.1, 0.15) is 38.5 Å². The highest BCUT2D eigenvalue weighted by molar-refractivity contribution is 5.83. The number of para-hydroxylation sites is 2. The molecule has 1 aliphatic heterocycles. The molecule has 5 aliphatic rings. The maximum absolute atomic E-state index is 13.8. The number of hydrogen-bond donors (Lipinski definition) is 0. The van der Waals surface area contributed by atoms with Crippen molar-refractivity contribution in [3.63, 3.8) is 0 Å². The summed E-state index contributed by atoms with van der Waals surface area (Å²) < 4.78 is 23.3. The van der Waals surface area contributed by atoms with E-state index in [0.29, 0.717) is 58.6 Å². The fourth-order valence-electron chi connectivity index (χ4n) is 6.69. The molecule has 31 heavy (non-hydrogen) atoms. The van der Waals surface area contributed by atoms with Crippen LogP contribution in [0.3, 0.4) is 0 Å². The van der Waals surface area contributed by atoms with E-state index in [-0.39, 0.29) is 5.41 Å². The number of amides is 1. The Hall–Kier alpha value is -1.79. The number of carbonyl (C=O) groups excluding carboxylic acids is 1. The van der Waals surface area contributed by atoms with Gasteiger partial charge in [0.1, 0.15) is 13.2 Å². The molecule has 4 saturated carbocycles. The van der Waals surface area contributed by atoms with Crippen molar-refractivity contribution in [1.29, 1.82) is 0 Å². The van der Waals surface area contributed by atoms with Crippen LogP contribution < -0.4 is 9.47 Å². The van der Waals surface area contributed by atoms with Gasteiger partial charge in [-0.2, -0.15) is 0 Å². The van der Waals surface area contributed by atoms with Gasteiger partial charge in [0.2, 0.25) is 5.91 Å². The van der Waals surface area contributed by atoms with Crippen LogP contribution in [0, 0.1) is 23.2 Å². The Morgan fingerprint density at radius 1 is 0.742 bits per heavy atom. The maximum atomic E-state index is 13.8. The van der Waals surface area contributed by atoms with E-state index in [2.05, 4.69) is 0 Å². The van der Waals surface area contributed by atoms with Crippen molar-refractivity contribution in [1.82, 2.24) is 4.90 Å². The summed E-state index contributed by atoms with van der Waals surface area (Å²) in [5.41, 5.74) is -0.120. The summed E-state index contributed by atoms with van der Waals surface area (Å²) in [6, 6.07) is 7.67. The fourth-order valence-corrected chi connectivity index (χ4v) is 6.69. The van der Waals surface area contributed by atoms with Crippen LogP contribution in [0.15, 0.2) is 24.3 Å². The molecule has 0 spiro atoms. The van der Waals surface area contributed by atoms with Crippen LogP contribution in [-0.4, -0.2) is 63.5 Å². The van der Waals surface area contributed by atoms with Gasteiger partial charge in [-0.1, -0.05) is 12.1 Å². The normalized spacial score (nSPS) is 34.1. The van der Waals surface area contributed by atoms with E-state index in [0.717, 1.165) is 48.5 Å². The maximum Gasteiger partial charge on any atom is 0.228 e. The second-order valence-electron chi connectivity index (χ2n) is 9.86. The van der Waals surface area contributed by atoms with Crippen molar-refractivity contribution in [2.24, 2.45) is 23.2 Å². The Morgan fingerprint density at radius 3 is 1.71 bits per heavy atom. The average molecular weight is 430 g/mol. The third-order valence-electron chi connectivity index (χ3n) is 7.61. The van der Waals surface area contributed by atoms with Gasteiger partial charge in [-0.3, -0.25) is 4.79 Å². The van der Waals surface area contributed by atoms with Crippen LogP contribution >= 0.6 is 0 Å². The highest BCUT2D eigenvalue weighted by atomic mass is 16.6. The van der Waals surface area contributed by atoms with Gasteiger partial charge >= 0.3 is 0 Å². The molecule has 0 radical (unpaired) electrons. The third-order valence-corrected chi connectivity index (χ3v) is 7.61. The molecular weight excluding hydrogens is 394 g/mol. The largest absolute Gasteiger partial charge is 0.487 e. The quantitative estimate of drug-likeness (QED) is 0.684. The summed E-state index contributed by atoms with van der Waals surface area (Å²) in [6.07, 6.45) is 7.32. The molecule has 4 fully saturated rings. The number of nitrogens with zero attached hydrogens (tertiary/aromatic N) is 1. The van der Waals surface area contributed by atoms with E-state index < -0.39 is 0 Å². The average Bonchev–Trinajstić information content (AvgIpc) is 2.76. The molecule has 170 valence electrons. The number of benzene rings is 1. The molecule has 1 amide bonds. The Kier molecular flexibility index (Phi) is 6.37. The number of carbonyl (C=O) groups is 1. The van der Waals surface area contributed by atoms with E-state index in [1.165, 1.54) is 19.3 Å². The van der Waals surface area contributed by atoms with Gasteiger partial charge in [0, 0.05) is 13.1 Å². The first-order valence-electron chi connectivity index (χ1n) is 12.0. The molecule has 6 nitrogen and oxygen atoms in total. The SMILES string of the molecule is O=C(N1CCOCCOc2ccccc2OCCOCC1)C12CC3CC(CC(C3)C1)C2. The summed E-state index contributed by atoms with van der Waals surface area (Å²) in [5.74, 6) is 4.09. The second kappa shape index (κ2) is 9.37. The highest BCUT2D eigenvalue weighted by Crippen LogP contribution is 2.60. The van der Waals surface area contributed by atoms with Crippen LogP contribution in [0.5, 0.6) is 11.5 Å². The first-order valence-corrected chi connectivity index (χ1v) is 12.0. The van der Waals surface area contributed by atoms with Gasteiger partial charge < -0.3 is 23.8 Å². The predicted molar refractivity (Wildman–Crippen MR) is 116 cm³/mol. The van der Waals surface area contributed by atoms with E-state index in [1.807, 2.05) is 29.2 Å². The van der Waals surface area contributed by atoms with Crippen LogP contribution in [-0.2, 0) is 14.3 Å². The smallest absolute Gasteiger partial charge is 0.228 e. The van der Waals surface area contributed by atoms with Crippen molar-refractivity contribution >= 4 is 5.91 Å². The zero-order chi connectivity index (χ0) is 21.1. The van der Waals surface area contributed by atoms with Gasteiger partial charge in [-0.25, -0.2) is 0 Å². The first kappa shape index (κ1) is 21.1. The van der Waals surface area contributed by atoms with E-state index in [1.54, 1.807) is 0 Å². The molecule has 4 aliphatic carbocycles. The standard InChI is InChI=1S/C25H35NO5/c27-24(25-16-19-13-20(17-25)15-21(14-19)18-25)26-5-7-28-9-11-30-22-3-1-2-4-23(22)31-12-10-29-8-6-26/h1-4,19-21H,5-18H2. The fraction of sp³-hybridized carbons (Fsp3) is 0.720. The number of ether oxygens (including phenoxy) is 4. The number of hydrogen-bond acceptors (Lipinski definition) is 5. The molecule has 0 saturated heterocycles. The zero-order valence-corrected chi connectivity index (χ0v) is 18.4. The molecule has 1 aromatic rings. The number of rotatable bonds is 1. The Morgan fingerprint density at radius 2 is 1.23 bits per heavy atom. The lowest BCUT2D eigenvalue weighted by Gasteiger charge is -2.56. The van der Waals surface area contributed by atoms with Crippen molar-refractivity contribution < 1.29 is 23.7 Å². The van der Waals surface area contributed by atoms with Crippen molar-refractivity contribution in [3.8, 4) is 11.5 Å². The van der Waals surface area contributed by atoms with Crippen molar-refractivity contribution in [2.45, 2.75) is 38.5 Å². The molecule has 0 atom stereocenters. The molecular formula is C25H35NO5. The monoisotopic (exact) mass is 429 g/mol. The predicted octanol–water partition coefficient (Wildman–Crippen LogP) is 3.54. The summed E-state index contributed by atoms with van der Waals surface area (Å²) in [6.45, 7) is 4.20. The summed E-state index contributed by atoms with van der Waals surface area (Å²) in [4.78, 5) is 15.8. The summed E-state index contributed by atoms with van der Waals surface area (Å²) in [5, 5.41) is 0. The van der Waals surface area contributed by atoms with Crippen molar-refractivity contribution in [3.05, 3.63) is 24.3 Å². The van der Waals surface area contributed by atoms with E-state index >= 15 is 0 Å².